The van der Waals surface area contributed by atoms with Crippen LogP contribution in [0.3, 0.4) is 0 Å². The number of aliphatic carboxylic acids is 1. The summed E-state index contributed by atoms with van der Waals surface area (Å²) in [5.41, 5.74) is 0. The van der Waals surface area contributed by atoms with Gasteiger partial charge in [-0.15, -0.1) is 0 Å². The summed E-state index contributed by atoms with van der Waals surface area (Å²) in [6.45, 7) is -0.0742. The first-order chi connectivity index (χ1) is 8.48. The molecular formula is C12H19NO4S. The molecule has 2 rings (SSSR count). The molecule has 0 bridgehead atoms. The fraction of sp³-hybridized carbons (Fsp3) is 0.750. The van der Waals surface area contributed by atoms with Crippen LogP contribution in [0.5, 0.6) is 0 Å². The van der Waals surface area contributed by atoms with Gasteiger partial charge in [0.05, 0.1) is 18.1 Å². The largest absolute Gasteiger partial charge is 0.480 e. The van der Waals surface area contributed by atoms with Crippen LogP contribution in [0, 0.1) is 0 Å². The number of hydrogen-bond acceptors (Lipinski definition) is 4. The molecule has 0 spiro atoms. The smallest absolute Gasteiger partial charge is 0.317 e. The molecule has 6 heteroatoms. The molecule has 1 fully saturated rings. The summed E-state index contributed by atoms with van der Waals surface area (Å²) in [5, 5.41) is 8.99. The topological polar surface area (TPSA) is 74.7 Å². The number of allylic oxidation sites excluding steroid dienone is 1. The van der Waals surface area contributed by atoms with E-state index in [2.05, 4.69) is 6.08 Å². The number of hydrogen-bond donors (Lipinski definition) is 1. The predicted octanol–water partition coefficient (Wildman–Crippen LogP) is 0.669. The highest BCUT2D eigenvalue weighted by molar-refractivity contribution is 7.91. The number of carboxylic acids is 1. The van der Waals surface area contributed by atoms with Gasteiger partial charge in [0.2, 0.25) is 0 Å². The summed E-state index contributed by atoms with van der Waals surface area (Å²) in [6, 6.07) is -0.0630. The van der Waals surface area contributed by atoms with E-state index in [0.717, 1.165) is 19.3 Å². The van der Waals surface area contributed by atoms with Crippen molar-refractivity contribution in [1.82, 2.24) is 4.90 Å². The molecule has 1 heterocycles. The zero-order chi connectivity index (χ0) is 13.2. The van der Waals surface area contributed by atoms with Crippen LogP contribution in [0.15, 0.2) is 12.2 Å². The van der Waals surface area contributed by atoms with Gasteiger partial charge in [0.1, 0.15) is 0 Å². The number of nitrogens with zero attached hydrogens (tertiary/aromatic N) is 1. The van der Waals surface area contributed by atoms with E-state index >= 15 is 0 Å². The second-order valence-electron chi connectivity index (χ2n) is 5.05. The minimum Gasteiger partial charge on any atom is -0.480 e. The lowest BCUT2D eigenvalue weighted by molar-refractivity contribution is -0.139. The summed E-state index contributed by atoms with van der Waals surface area (Å²) in [7, 11) is -2.97. The molecule has 0 aromatic carbocycles. The van der Waals surface area contributed by atoms with Gasteiger partial charge in [-0.2, -0.15) is 0 Å². The number of carboxylic acid groups (broad SMARTS) is 1. The molecule has 1 N–H and O–H groups in total. The van der Waals surface area contributed by atoms with Crippen LogP contribution >= 0.6 is 0 Å². The molecule has 1 aliphatic heterocycles. The molecule has 5 nitrogen and oxygen atoms in total. The number of carbonyl (C=O) groups is 1. The molecule has 2 aliphatic rings. The molecule has 0 amide bonds. The molecule has 102 valence electrons. The van der Waals surface area contributed by atoms with Crippen molar-refractivity contribution < 1.29 is 18.3 Å². The SMILES string of the molecule is O=C(O)CN(C1C=CCCC1)C1CCS(=O)(=O)C1. The van der Waals surface area contributed by atoms with E-state index in [1.165, 1.54) is 0 Å². The Hall–Kier alpha value is -0.880. The van der Waals surface area contributed by atoms with Crippen LogP contribution in [0.1, 0.15) is 25.7 Å². The van der Waals surface area contributed by atoms with Gasteiger partial charge in [0, 0.05) is 12.1 Å². The average Bonchev–Trinajstić information content (AvgIpc) is 2.67. The van der Waals surface area contributed by atoms with Crippen molar-refractivity contribution >= 4 is 15.8 Å². The Morgan fingerprint density at radius 3 is 2.67 bits per heavy atom. The van der Waals surface area contributed by atoms with Crippen molar-refractivity contribution in [3.8, 4) is 0 Å². The first-order valence-electron chi connectivity index (χ1n) is 6.32. The maximum atomic E-state index is 11.5. The normalized spacial score (nSPS) is 30.7. The molecule has 2 atom stereocenters. The maximum absolute atomic E-state index is 11.5. The summed E-state index contributed by atoms with van der Waals surface area (Å²) in [6.07, 6.45) is 7.63. The van der Waals surface area contributed by atoms with Gasteiger partial charge in [-0.1, -0.05) is 12.2 Å². The van der Waals surface area contributed by atoms with Gasteiger partial charge < -0.3 is 5.11 Å². The van der Waals surface area contributed by atoms with Gasteiger partial charge in [-0.3, -0.25) is 9.69 Å². The fourth-order valence-electron chi connectivity index (χ4n) is 2.78. The van der Waals surface area contributed by atoms with Crippen molar-refractivity contribution in [3.05, 3.63) is 12.2 Å². The second-order valence-corrected chi connectivity index (χ2v) is 7.28. The van der Waals surface area contributed by atoms with E-state index in [-0.39, 0.29) is 30.1 Å². The minimum atomic E-state index is -2.97. The van der Waals surface area contributed by atoms with Crippen molar-refractivity contribution in [2.45, 2.75) is 37.8 Å². The first kappa shape index (κ1) is 13.5. The Balaban J connectivity index is 2.12. The van der Waals surface area contributed by atoms with E-state index in [9.17, 15) is 13.2 Å². The standard InChI is InChI=1S/C12H19NO4S/c14-12(15)8-13(10-4-2-1-3-5-10)11-6-7-18(16,17)9-11/h2,4,10-11H,1,3,5-9H2,(H,14,15). The van der Waals surface area contributed by atoms with Crippen LogP contribution < -0.4 is 0 Å². The van der Waals surface area contributed by atoms with Crippen molar-refractivity contribution in [3.63, 3.8) is 0 Å². The third-order valence-electron chi connectivity index (χ3n) is 3.65. The highest BCUT2D eigenvalue weighted by Gasteiger charge is 2.35. The maximum Gasteiger partial charge on any atom is 0.317 e. The summed E-state index contributed by atoms with van der Waals surface area (Å²) in [4.78, 5) is 12.8. The van der Waals surface area contributed by atoms with E-state index in [1.807, 2.05) is 11.0 Å². The van der Waals surface area contributed by atoms with E-state index in [4.69, 9.17) is 5.11 Å². The Morgan fingerprint density at radius 2 is 2.17 bits per heavy atom. The second kappa shape index (κ2) is 5.40. The quantitative estimate of drug-likeness (QED) is 0.762. The number of sulfone groups is 1. The molecule has 0 radical (unpaired) electrons. The van der Waals surface area contributed by atoms with Crippen LogP contribution in [-0.2, 0) is 14.6 Å². The summed E-state index contributed by atoms with van der Waals surface area (Å²) < 4.78 is 23.0. The molecule has 18 heavy (non-hydrogen) atoms. The summed E-state index contributed by atoms with van der Waals surface area (Å²) >= 11 is 0. The van der Waals surface area contributed by atoms with E-state index < -0.39 is 15.8 Å². The Bertz CT molecular complexity index is 443. The number of rotatable bonds is 4. The molecule has 1 saturated heterocycles. The monoisotopic (exact) mass is 273 g/mol. The van der Waals surface area contributed by atoms with Crippen LogP contribution in [-0.4, -0.2) is 54.5 Å². The highest BCUT2D eigenvalue weighted by Crippen LogP contribution is 2.24. The minimum absolute atomic E-state index is 0.0742. The van der Waals surface area contributed by atoms with Crippen molar-refractivity contribution in [1.29, 1.82) is 0 Å². The molecule has 0 aromatic rings. The van der Waals surface area contributed by atoms with E-state index in [1.54, 1.807) is 0 Å². The molecule has 0 saturated carbocycles. The van der Waals surface area contributed by atoms with Crippen LogP contribution in [0.25, 0.3) is 0 Å². The van der Waals surface area contributed by atoms with Gasteiger partial charge in [-0.05, 0) is 25.7 Å². The van der Waals surface area contributed by atoms with Gasteiger partial charge >= 0.3 is 5.97 Å². The third kappa shape index (κ3) is 3.32. The lowest BCUT2D eigenvalue weighted by Gasteiger charge is -2.34. The van der Waals surface area contributed by atoms with Crippen LogP contribution in [0.4, 0.5) is 0 Å². The zero-order valence-electron chi connectivity index (χ0n) is 10.3. The fourth-order valence-corrected chi connectivity index (χ4v) is 4.52. The Morgan fingerprint density at radius 1 is 1.39 bits per heavy atom. The van der Waals surface area contributed by atoms with Crippen molar-refractivity contribution in [2.75, 3.05) is 18.1 Å². The molecule has 0 aromatic heterocycles. The lowest BCUT2D eigenvalue weighted by Crippen LogP contribution is -2.46. The van der Waals surface area contributed by atoms with Crippen molar-refractivity contribution in [2.24, 2.45) is 0 Å². The molecule has 2 unspecified atom stereocenters. The third-order valence-corrected chi connectivity index (χ3v) is 5.40. The van der Waals surface area contributed by atoms with Gasteiger partial charge in [-0.25, -0.2) is 8.42 Å². The molecular weight excluding hydrogens is 254 g/mol. The summed E-state index contributed by atoms with van der Waals surface area (Å²) in [5.74, 6) is -0.604. The Kier molecular flexibility index (Phi) is 4.07. The highest BCUT2D eigenvalue weighted by atomic mass is 32.2. The molecule has 1 aliphatic carbocycles. The average molecular weight is 273 g/mol. The van der Waals surface area contributed by atoms with Crippen LogP contribution in [0.2, 0.25) is 0 Å². The predicted molar refractivity (Wildman–Crippen MR) is 68.2 cm³/mol. The van der Waals surface area contributed by atoms with E-state index in [0.29, 0.717) is 6.42 Å². The Labute approximate surface area is 107 Å². The lowest BCUT2D eigenvalue weighted by atomic mass is 9.99. The van der Waals surface area contributed by atoms with Gasteiger partial charge in [0.25, 0.3) is 0 Å². The first-order valence-corrected chi connectivity index (χ1v) is 8.15. The zero-order valence-corrected chi connectivity index (χ0v) is 11.1. The van der Waals surface area contributed by atoms with Gasteiger partial charge in [0.15, 0.2) is 9.84 Å².